The third kappa shape index (κ3) is 2.32. The van der Waals surface area contributed by atoms with Gasteiger partial charge in [0.2, 0.25) is 0 Å². The van der Waals surface area contributed by atoms with E-state index in [9.17, 15) is 0 Å². The second kappa shape index (κ2) is 4.91. The summed E-state index contributed by atoms with van der Waals surface area (Å²) >= 11 is 0. The molecule has 0 fully saturated rings. The molecule has 1 rings (SSSR count). The third-order valence-corrected chi connectivity index (χ3v) is 2.15. The summed E-state index contributed by atoms with van der Waals surface area (Å²) in [5.41, 5.74) is 0. The van der Waals surface area contributed by atoms with Crippen LogP contribution in [-0.4, -0.2) is 4.57 Å². The van der Waals surface area contributed by atoms with Gasteiger partial charge in [-0.15, -0.1) is 0 Å². The number of rotatable bonds is 3. The van der Waals surface area contributed by atoms with Gasteiger partial charge in [0.1, 0.15) is 12.4 Å². The zero-order chi connectivity index (χ0) is 8.27. The normalized spacial score (nSPS) is 9.58. The van der Waals surface area contributed by atoms with E-state index in [2.05, 4.69) is 42.4 Å². The predicted octanol–water partition coefficient (Wildman–Crippen LogP) is -1.57. The number of aryl methyl sites for hydroxylation is 2. The standard InChI is InChI=1S/C9H17N2.FH/c1-4-5-6-11-8-7-10(3)9(11)2;/h7-8H,4-6H2,1-3H3;1H/q+1;/p-1. The van der Waals surface area contributed by atoms with Gasteiger partial charge in [0.25, 0.3) is 5.82 Å². The first-order valence-corrected chi connectivity index (χ1v) is 4.27. The van der Waals surface area contributed by atoms with Crippen molar-refractivity contribution in [2.75, 3.05) is 0 Å². The highest BCUT2D eigenvalue weighted by Gasteiger charge is 2.06. The summed E-state index contributed by atoms with van der Waals surface area (Å²) in [7, 11) is 2.08. The van der Waals surface area contributed by atoms with Crippen LogP contribution < -0.4 is 9.27 Å². The molecule has 0 N–H and O–H groups in total. The maximum absolute atomic E-state index is 2.30. The van der Waals surface area contributed by atoms with Gasteiger partial charge in [-0.2, -0.15) is 0 Å². The Morgan fingerprint density at radius 1 is 1.50 bits per heavy atom. The molecule has 1 heterocycles. The summed E-state index contributed by atoms with van der Waals surface area (Å²) in [6.45, 7) is 5.53. The van der Waals surface area contributed by atoms with Crippen LogP contribution in [0.4, 0.5) is 0 Å². The number of hydrogen-bond donors (Lipinski definition) is 0. The van der Waals surface area contributed by atoms with Crippen LogP contribution in [0.5, 0.6) is 0 Å². The lowest BCUT2D eigenvalue weighted by Gasteiger charge is -1.95. The molecule has 0 spiro atoms. The molecular formula is C9H17FN2. The molecule has 0 saturated carbocycles. The molecule has 3 heteroatoms. The number of halogens is 1. The minimum Gasteiger partial charge on any atom is -1.00 e. The maximum Gasteiger partial charge on any atom is 0.253 e. The largest absolute Gasteiger partial charge is 1.00 e. The van der Waals surface area contributed by atoms with Crippen molar-refractivity contribution in [3.63, 3.8) is 0 Å². The van der Waals surface area contributed by atoms with Crippen LogP contribution in [0.3, 0.4) is 0 Å². The van der Waals surface area contributed by atoms with Crippen LogP contribution in [0, 0.1) is 6.92 Å². The Morgan fingerprint density at radius 2 is 2.17 bits per heavy atom. The molecule has 0 amide bonds. The van der Waals surface area contributed by atoms with Gasteiger partial charge in [-0.25, -0.2) is 9.13 Å². The van der Waals surface area contributed by atoms with Crippen LogP contribution in [0.25, 0.3) is 0 Å². The molecule has 12 heavy (non-hydrogen) atoms. The van der Waals surface area contributed by atoms with E-state index in [1.165, 1.54) is 18.7 Å². The Balaban J connectivity index is 0.00000121. The van der Waals surface area contributed by atoms with Crippen molar-refractivity contribution in [2.24, 2.45) is 7.05 Å². The molecule has 0 aliphatic heterocycles. The Bertz CT molecular complexity index is 230. The summed E-state index contributed by atoms with van der Waals surface area (Å²) < 4.78 is 4.44. The molecule has 0 radical (unpaired) electrons. The van der Waals surface area contributed by atoms with Crippen LogP contribution in [-0.2, 0) is 13.6 Å². The van der Waals surface area contributed by atoms with Crippen LogP contribution >= 0.6 is 0 Å². The van der Waals surface area contributed by atoms with E-state index in [-0.39, 0.29) is 4.70 Å². The SMILES string of the molecule is CCCCn1cc[n+](C)c1C.[F-]. The average molecular weight is 172 g/mol. The van der Waals surface area contributed by atoms with E-state index in [1.807, 2.05) is 0 Å². The first-order chi connectivity index (χ1) is 5.25. The molecule has 1 aromatic heterocycles. The van der Waals surface area contributed by atoms with E-state index in [1.54, 1.807) is 0 Å². The highest BCUT2D eigenvalue weighted by Crippen LogP contribution is 1.96. The highest BCUT2D eigenvalue weighted by molar-refractivity contribution is 4.78. The van der Waals surface area contributed by atoms with Crippen molar-refractivity contribution in [3.05, 3.63) is 18.2 Å². The predicted molar refractivity (Wildman–Crippen MR) is 45.3 cm³/mol. The number of aromatic nitrogens is 2. The number of nitrogens with zero attached hydrogens (tertiary/aromatic N) is 2. The van der Waals surface area contributed by atoms with Gasteiger partial charge >= 0.3 is 0 Å². The molecule has 2 nitrogen and oxygen atoms in total. The van der Waals surface area contributed by atoms with Gasteiger partial charge in [0, 0.05) is 6.92 Å². The quantitative estimate of drug-likeness (QED) is 0.487. The van der Waals surface area contributed by atoms with Gasteiger partial charge in [-0.1, -0.05) is 13.3 Å². The molecule has 0 bridgehead atoms. The monoisotopic (exact) mass is 172 g/mol. The summed E-state index contributed by atoms with van der Waals surface area (Å²) in [6, 6.07) is 0. The van der Waals surface area contributed by atoms with Crippen LogP contribution in [0.15, 0.2) is 12.4 Å². The van der Waals surface area contributed by atoms with Crippen LogP contribution in [0.1, 0.15) is 25.6 Å². The lowest BCUT2D eigenvalue weighted by molar-refractivity contribution is -0.677. The van der Waals surface area contributed by atoms with Crippen molar-refractivity contribution < 1.29 is 9.27 Å². The minimum atomic E-state index is 0. The molecule has 0 aliphatic rings. The Hall–Kier alpha value is -0.860. The first kappa shape index (κ1) is 11.1. The fourth-order valence-electron chi connectivity index (χ4n) is 1.16. The fraction of sp³-hybridized carbons (Fsp3) is 0.667. The summed E-state index contributed by atoms with van der Waals surface area (Å²) in [4.78, 5) is 0. The lowest BCUT2D eigenvalue weighted by atomic mass is 10.3. The van der Waals surface area contributed by atoms with Gasteiger partial charge in [0.15, 0.2) is 0 Å². The zero-order valence-corrected chi connectivity index (χ0v) is 8.05. The second-order valence-electron chi connectivity index (χ2n) is 3.00. The topological polar surface area (TPSA) is 8.81 Å². The third-order valence-electron chi connectivity index (χ3n) is 2.15. The molecule has 0 aliphatic carbocycles. The Labute approximate surface area is 73.2 Å². The van der Waals surface area contributed by atoms with E-state index >= 15 is 0 Å². The van der Waals surface area contributed by atoms with Crippen LogP contribution in [0.2, 0.25) is 0 Å². The molecule has 0 unspecified atom stereocenters. The van der Waals surface area contributed by atoms with E-state index in [0.29, 0.717) is 0 Å². The van der Waals surface area contributed by atoms with Crippen molar-refractivity contribution >= 4 is 0 Å². The molecule has 70 valence electrons. The van der Waals surface area contributed by atoms with Crippen molar-refractivity contribution in [3.8, 4) is 0 Å². The molecule has 0 saturated heterocycles. The van der Waals surface area contributed by atoms with Gasteiger partial charge in [0.05, 0.1) is 13.6 Å². The smallest absolute Gasteiger partial charge is 0.253 e. The zero-order valence-electron chi connectivity index (χ0n) is 8.05. The molecular weight excluding hydrogens is 155 g/mol. The fourth-order valence-corrected chi connectivity index (χ4v) is 1.16. The number of imidazole rings is 1. The number of hydrogen-bond acceptors (Lipinski definition) is 0. The molecule has 1 aromatic rings. The second-order valence-corrected chi connectivity index (χ2v) is 3.00. The van der Waals surface area contributed by atoms with E-state index in [4.69, 9.17) is 0 Å². The van der Waals surface area contributed by atoms with Gasteiger partial charge in [-0.05, 0) is 6.42 Å². The molecule has 0 atom stereocenters. The van der Waals surface area contributed by atoms with Gasteiger partial charge in [-0.3, -0.25) is 0 Å². The lowest BCUT2D eigenvalue weighted by Crippen LogP contribution is -3.00. The average Bonchev–Trinajstić information content (AvgIpc) is 2.31. The highest BCUT2D eigenvalue weighted by atomic mass is 19.0. The number of unbranched alkanes of at least 4 members (excludes halogenated alkanes) is 1. The Morgan fingerprint density at radius 3 is 2.58 bits per heavy atom. The van der Waals surface area contributed by atoms with Gasteiger partial charge < -0.3 is 4.70 Å². The minimum absolute atomic E-state index is 0. The summed E-state index contributed by atoms with van der Waals surface area (Å²) in [5.74, 6) is 1.33. The summed E-state index contributed by atoms with van der Waals surface area (Å²) in [5, 5.41) is 0. The van der Waals surface area contributed by atoms with E-state index in [0.717, 1.165) is 6.54 Å². The summed E-state index contributed by atoms with van der Waals surface area (Å²) in [6.07, 6.45) is 6.78. The first-order valence-electron chi connectivity index (χ1n) is 4.27. The Kier molecular flexibility index (Phi) is 4.55. The van der Waals surface area contributed by atoms with Crippen molar-refractivity contribution in [1.29, 1.82) is 0 Å². The maximum atomic E-state index is 2.30. The molecule has 0 aromatic carbocycles. The van der Waals surface area contributed by atoms with E-state index < -0.39 is 0 Å². The van der Waals surface area contributed by atoms with Crippen molar-refractivity contribution in [2.45, 2.75) is 33.2 Å². The van der Waals surface area contributed by atoms with Crippen molar-refractivity contribution in [1.82, 2.24) is 4.57 Å².